The van der Waals surface area contributed by atoms with Crippen LogP contribution in [0.25, 0.3) is 0 Å². The fourth-order valence-electron chi connectivity index (χ4n) is 3.15. The van der Waals surface area contributed by atoms with Crippen LogP contribution in [0.4, 0.5) is 11.6 Å². The van der Waals surface area contributed by atoms with Gasteiger partial charge in [0.25, 0.3) is 0 Å². The Bertz CT molecular complexity index is 687. The molecule has 2 aromatic heterocycles. The predicted octanol–water partition coefficient (Wildman–Crippen LogP) is 1.96. The molecule has 0 amide bonds. The molecule has 1 fully saturated rings. The van der Waals surface area contributed by atoms with E-state index in [0.29, 0.717) is 6.04 Å². The van der Waals surface area contributed by atoms with E-state index in [1.807, 2.05) is 38.1 Å². The molecule has 0 bridgehead atoms. The van der Waals surface area contributed by atoms with Gasteiger partial charge in [0, 0.05) is 58.6 Å². The lowest BCUT2D eigenvalue weighted by molar-refractivity contribution is 0.321. The molecule has 3 heterocycles. The van der Waals surface area contributed by atoms with Crippen LogP contribution in [-0.2, 0) is 6.54 Å². The first-order valence-electron chi connectivity index (χ1n) is 8.40. The molecule has 0 saturated carbocycles. The minimum absolute atomic E-state index is 0.472. The minimum atomic E-state index is 0.472. The molecule has 1 saturated heterocycles. The maximum absolute atomic E-state index is 4.61. The summed E-state index contributed by atoms with van der Waals surface area (Å²) in [4.78, 5) is 20.1. The highest BCUT2D eigenvalue weighted by Gasteiger charge is 2.27. The summed E-state index contributed by atoms with van der Waals surface area (Å²) in [6.07, 6.45) is 2.79. The molecule has 6 nitrogen and oxygen atoms in total. The van der Waals surface area contributed by atoms with Gasteiger partial charge < -0.3 is 9.80 Å². The molecule has 1 unspecified atom stereocenters. The predicted molar refractivity (Wildman–Crippen MR) is 97.4 cm³/mol. The number of hydrogen-bond donors (Lipinski definition) is 0. The molecule has 24 heavy (non-hydrogen) atoms. The van der Waals surface area contributed by atoms with E-state index in [-0.39, 0.29) is 0 Å². The molecule has 0 aromatic carbocycles. The molecule has 1 aliphatic heterocycles. The second-order valence-electron chi connectivity index (χ2n) is 6.69. The molecule has 0 aliphatic carbocycles. The van der Waals surface area contributed by atoms with Gasteiger partial charge in [-0.2, -0.15) is 0 Å². The summed E-state index contributed by atoms with van der Waals surface area (Å²) in [5.74, 6) is 1.92. The van der Waals surface area contributed by atoms with Crippen molar-refractivity contribution in [1.82, 2.24) is 19.9 Å². The highest BCUT2D eigenvalue weighted by molar-refractivity contribution is 5.49. The zero-order valence-electron chi connectivity index (χ0n) is 15.0. The highest BCUT2D eigenvalue weighted by Crippen LogP contribution is 2.22. The third-order valence-electron chi connectivity index (χ3n) is 4.58. The summed E-state index contributed by atoms with van der Waals surface area (Å²) in [6, 6.07) is 8.75. The quantitative estimate of drug-likeness (QED) is 0.837. The molecule has 2 aromatic rings. The van der Waals surface area contributed by atoms with Crippen molar-refractivity contribution in [2.45, 2.75) is 25.9 Å². The molecule has 0 radical (unpaired) electrons. The summed E-state index contributed by atoms with van der Waals surface area (Å²) < 4.78 is 0. The normalized spacial score (nSPS) is 17.9. The van der Waals surface area contributed by atoms with Crippen molar-refractivity contribution in [2.24, 2.45) is 0 Å². The van der Waals surface area contributed by atoms with Crippen LogP contribution in [-0.4, -0.2) is 60.1 Å². The summed E-state index contributed by atoms with van der Waals surface area (Å²) >= 11 is 0. The average molecular weight is 326 g/mol. The van der Waals surface area contributed by atoms with Crippen LogP contribution in [0, 0.1) is 6.92 Å². The summed E-state index contributed by atoms with van der Waals surface area (Å²) in [6.45, 7) is 5.09. The highest BCUT2D eigenvalue weighted by atomic mass is 15.3. The summed E-state index contributed by atoms with van der Waals surface area (Å²) in [5.41, 5.74) is 2.23. The second-order valence-corrected chi connectivity index (χ2v) is 6.69. The molecule has 128 valence electrons. The summed E-state index contributed by atoms with van der Waals surface area (Å²) in [5, 5.41) is 0. The number of rotatable bonds is 5. The van der Waals surface area contributed by atoms with E-state index < -0.39 is 0 Å². The Morgan fingerprint density at radius 2 is 1.96 bits per heavy atom. The number of nitrogens with zero attached hydrogens (tertiary/aromatic N) is 6. The zero-order chi connectivity index (χ0) is 17.1. The summed E-state index contributed by atoms with van der Waals surface area (Å²) in [7, 11) is 6.12. The van der Waals surface area contributed by atoms with Crippen LogP contribution < -0.4 is 9.80 Å². The number of likely N-dealkylation sites (tertiary alicyclic amines) is 1. The van der Waals surface area contributed by atoms with Crippen LogP contribution in [0.1, 0.15) is 17.8 Å². The van der Waals surface area contributed by atoms with Crippen LogP contribution in [0.15, 0.2) is 30.6 Å². The Hall–Kier alpha value is -2.21. The van der Waals surface area contributed by atoms with E-state index >= 15 is 0 Å². The van der Waals surface area contributed by atoms with Crippen molar-refractivity contribution in [3.8, 4) is 0 Å². The first-order chi connectivity index (χ1) is 11.5. The largest absolute Gasteiger partial charge is 0.363 e. The van der Waals surface area contributed by atoms with Crippen LogP contribution in [0.3, 0.4) is 0 Å². The fourth-order valence-corrected chi connectivity index (χ4v) is 3.15. The van der Waals surface area contributed by atoms with Gasteiger partial charge in [0.15, 0.2) is 0 Å². The number of pyridine rings is 1. The van der Waals surface area contributed by atoms with Crippen molar-refractivity contribution in [1.29, 1.82) is 0 Å². The molecule has 6 heteroatoms. The van der Waals surface area contributed by atoms with Gasteiger partial charge >= 0.3 is 0 Å². The molecule has 0 N–H and O–H groups in total. The standard InChI is InChI=1S/C18H26N6/c1-14-6-5-7-15(21-14)11-24-9-8-16(12-24)23(4)18-10-17(22(2)3)19-13-20-18/h5-7,10,13,16H,8-9,11-12H2,1-4H3. The van der Waals surface area contributed by atoms with Gasteiger partial charge in [0.1, 0.15) is 18.0 Å². The van der Waals surface area contributed by atoms with Crippen molar-refractivity contribution in [3.05, 3.63) is 42.0 Å². The van der Waals surface area contributed by atoms with Crippen molar-refractivity contribution in [3.63, 3.8) is 0 Å². The van der Waals surface area contributed by atoms with Crippen LogP contribution in [0.2, 0.25) is 0 Å². The van der Waals surface area contributed by atoms with E-state index in [2.05, 4.69) is 43.9 Å². The van der Waals surface area contributed by atoms with Gasteiger partial charge in [-0.15, -0.1) is 0 Å². The Balaban J connectivity index is 1.63. The van der Waals surface area contributed by atoms with Gasteiger partial charge in [-0.3, -0.25) is 9.88 Å². The molecular formula is C18H26N6. The Morgan fingerprint density at radius 1 is 1.17 bits per heavy atom. The number of aromatic nitrogens is 3. The monoisotopic (exact) mass is 326 g/mol. The third-order valence-corrected chi connectivity index (χ3v) is 4.58. The number of anilines is 2. The number of hydrogen-bond acceptors (Lipinski definition) is 6. The molecule has 1 atom stereocenters. The van der Waals surface area contributed by atoms with E-state index in [0.717, 1.165) is 49.1 Å². The first-order valence-corrected chi connectivity index (χ1v) is 8.40. The minimum Gasteiger partial charge on any atom is -0.363 e. The van der Waals surface area contributed by atoms with Crippen LogP contribution in [0.5, 0.6) is 0 Å². The lowest BCUT2D eigenvalue weighted by atomic mass is 10.2. The van der Waals surface area contributed by atoms with Crippen molar-refractivity contribution in [2.75, 3.05) is 44.0 Å². The Kier molecular flexibility index (Phi) is 4.94. The third kappa shape index (κ3) is 3.82. The fraction of sp³-hybridized carbons (Fsp3) is 0.500. The zero-order valence-corrected chi connectivity index (χ0v) is 15.0. The number of aryl methyl sites for hydroxylation is 1. The Morgan fingerprint density at radius 3 is 2.71 bits per heavy atom. The van der Waals surface area contributed by atoms with E-state index in [9.17, 15) is 0 Å². The molecule has 0 spiro atoms. The maximum atomic E-state index is 4.61. The lowest BCUT2D eigenvalue weighted by Gasteiger charge is -2.26. The van der Waals surface area contributed by atoms with Crippen molar-refractivity contribution >= 4 is 11.6 Å². The van der Waals surface area contributed by atoms with E-state index in [4.69, 9.17) is 0 Å². The second kappa shape index (κ2) is 7.13. The van der Waals surface area contributed by atoms with Gasteiger partial charge in [-0.05, 0) is 25.5 Å². The Labute approximate surface area is 144 Å². The molecule has 1 aliphatic rings. The van der Waals surface area contributed by atoms with Gasteiger partial charge in [0.2, 0.25) is 0 Å². The van der Waals surface area contributed by atoms with Gasteiger partial charge in [0.05, 0.1) is 5.69 Å². The van der Waals surface area contributed by atoms with Crippen molar-refractivity contribution < 1.29 is 0 Å². The topological polar surface area (TPSA) is 48.4 Å². The number of likely N-dealkylation sites (N-methyl/N-ethyl adjacent to an activating group) is 1. The smallest absolute Gasteiger partial charge is 0.134 e. The van der Waals surface area contributed by atoms with E-state index in [1.165, 1.54) is 0 Å². The molecular weight excluding hydrogens is 300 g/mol. The van der Waals surface area contributed by atoms with E-state index in [1.54, 1.807) is 6.33 Å². The lowest BCUT2D eigenvalue weighted by Crippen LogP contribution is -2.35. The van der Waals surface area contributed by atoms with Gasteiger partial charge in [-0.25, -0.2) is 9.97 Å². The maximum Gasteiger partial charge on any atom is 0.134 e. The average Bonchev–Trinajstić information content (AvgIpc) is 3.02. The SMILES string of the molecule is Cc1cccc(CN2CCC(N(C)c3cc(N(C)C)ncn3)C2)n1. The first kappa shape index (κ1) is 16.6. The van der Waals surface area contributed by atoms with Gasteiger partial charge in [-0.1, -0.05) is 6.07 Å². The van der Waals surface area contributed by atoms with Crippen LogP contribution >= 0.6 is 0 Å². The molecule has 3 rings (SSSR count).